The van der Waals surface area contributed by atoms with Crippen LogP contribution in [0, 0.1) is 0 Å². The second-order valence-corrected chi connectivity index (χ2v) is 3.54. The number of carbonyl (C=O) groups is 1. The number of aromatic carboxylic acids is 1. The first kappa shape index (κ1) is 25.8. The number of carboxylic acids is 1. The van der Waals surface area contributed by atoms with Gasteiger partial charge in [0.25, 0.3) is 0 Å². The van der Waals surface area contributed by atoms with Gasteiger partial charge in [-0.15, -0.1) is 17.7 Å². The van der Waals surface area contributed by atoms with E-state index in [-0.39, 0.29) is 59.2 Å². The molecule has 2 aromatic heterocycles. The van der Waals surface area contributed by atoms with Crippen LogP contribution in [0.5, 0.6) is 0 Å². The molecule has 0 atom stereocenters. The fraction of sp³-hybridized carbons (Fsp3) is 0.167. The fourth-order valence-corrected chi connectivity index (χ4v) is 1.25. The number of carbonyl (C=O) groups excluding carboxylic acids is 1. The Kier molecular flexibility index (Phi) is 15.9. The molecule has 0 radical (unpaired) electrons. The maximum absolute atomic E-state index is 10.2. The molecule has 7 N–H and O–H groups in total. The van der Waals surface area contributed by atoms with Crippen LogP contribution < -0.4 is 41.4 Å². The van der Waals surface area contributed by atoms with Gasteiger partial charge in [-0.25, -0.2) is 4.79 Å². The van der Waals surface area contributed by atoms with Gasteiger partial charge in [-0.3, -0.25) is 0 Å². The molecule has 0 aliphatic heterocycles. The Labute approximate surface area is 153 Å². The predicted octanol–water partition coefficient (Wildman–Crippen LogP) is -1.10. The van der Waals surface area contributed by atoms with E-state index in [1.165, 1.54) is 12.1 Å². The fourth-order valence-electron chi connectivity index (χ4n) is 1.11. The summed E-state index contributed by atoms with van der Waals surface area (Å²) in [6.45, 7) is 0.229. The summed E-state index contributed by atoms with van der Waals surface area (Å²) in [5.74, 6) is 0.431. The minimum Gasteiger partial charge on any atom is -0.870 e. The minimum absolute atomic E-state index is 0. The van der Waals surface area contributed by atoms with Crippen molar-refractivity contribution in [2.24, 2.45) is 5.73 Å². The van der Waals surface area contributed by atoms with E-state index in [9.17, 15) is 9.59 Å². The van der Waals surface area contributed by atoms with Gasteiger partial charge in [0.2, 0.25) is 5.76 Å². The van der Waals surface area contributed by atoms with Crippen molar-refractivity contribution in [3.63, 3.8) is 0 Å². The maximum Gasteiger partial charge on any atom is 1.00 e. The van der Waals surface area contributed by atoms with E-state index in [2.05, 4.69) is 0 Å². The summed E-state index contributed by atoms with van der Waals surface area (Å²) in [4.78, 5) is 20.1. The van der Waals surface area contributed by atoms with Crippen LogP contribution in [0.4, 0.5) is 0 Å². The van der Waals surface area contributed by atoms with Crippen molar-refractivity contribution in [3.8, 4) is 0 Å². The van der Waals surface area contributed by atoms with Crippen LogP contribution in [0.2, 0.25) is 0 Å². The number of nitrogens with two attached hydrogens (primary N) is 1. The number of hydrogen-bond acceptors (Lipinski definition) is 7. The van der Waals surface area contributed by atoms with Gasteiger partial charge in [0, 0.05) is 6.29 Å². The topological polar surface area (TPSA) is 172 Å². The molecule has 0 saturated heterocycles. The Balaban J connectivity index is -0.000000290. The number of halogens is 1. The molecule has 2 heterocycles. The van der Waals surface area contributed by atoms with Crippen LogP contribution in [0.15, 0.2) is 33.1 Å². The average molecular weight is 342 g/mol. The molecule has 0 spiro atoms. The molecular formula is C12H15ClN2NaO6-. The number of carboxylic acid groups (broad SMARTS) is 1. The van der Waals surface area contributed by atoms with Crippen LogP contribution >= 0.6 is 11.6 Å². The van der Waals surface area contributed by atoms with Crippen molar-refractivity contribution in [2.75, 3.05) is 0 Å². The third-order valence-corrected chi connectivity index (χ3v) is 2.23. The zero-order chi connectivity index (χ0) is 14.3. The summed E-state index contributed by atoms with van der Waals surface area (Å²) in [6, 6.07) is 6.10. The van der Waals surface area contributed by atoms with Crippen molar-refractivity contribution in [1.82, 2.24) is 6.15 Å². The van der Waals surface area contributed by atoms with Crippen LogP contribution in [0.3, 0.4) is 0 Å². The summed E-state index contributed by atoms with van der Waals surface area (Å²) in [6.07, 6.45) is 1.61. The Morgan fingerprint density at radius 1 is 1.23 bits per heavy atom. The number of alkyl halides is 1. The van der Waals surface area contributed by atoms with Crippen LogP contribution in [0.1, 0.15) is 27.8 Å². The van der Waals surface area contributed by atoms with Gasteiger partial charge in [0.05, 0.1) is 18.2 Å². The third-order valence-electron chi connectivity index (χ3n) is 1.97. The standard InChI is InChI=1S/C6H4ClO2.C6H7NO3.H3N.Na.H2O/c7-3-5-1-2-6(4-8)9-5;7-3-4-1-2-5(10-4)6(8)9;;;/h1-2H,3H2;1-2H,3,7H2,(H,8,9);1H3;;1H2/q-1;;;+1;/p-1. The quantitative estimate of drug-likeness (QED) is 0.357. The van der Waals surface area contributed by atoms with Gasteiger partial charge in [0.1, 0.15) is 5.76 Å². The van der Waals surface area contributed by atoms with E-state index in [0.29, 0.717) is 17.4 Å². The van der Waals surface area contributed by atoms with Crippen LogP contribution in [-0.4, -0.2) is 22.8 Å². The van der Waals surface area contributed by atoms with Gasteiger partial charge >= 0.3 is 35.5 Å². The first-order valence-electron chi connectivity index (χ1n) is 5.15. The monoisotopic (exact) mass is 341 g/mol. The number of hydrogen-bond donors (Lipinski definition) is 3. The molecule has 0 fully saturated rings. The van der Waals surface area contributed by atoms with E-state index in [1.54, 1.807) is 18.4 Å². The van der Waals surface area contributed by atoms with Crippen molar-refractivity contribution >= 4 is 23.9 Å². The summed E-state index contributed by atoms with van der Waals surface area (Å²) in [7, 11) is 0. The van der Waals surface area contributed by atoms with E-state index in [0.717, 1.165) is 0 Å². The molecular weight excluding hydrogens is 327 g/mol. The van der Waals surface area contributed by atoms with Gasteiger partial charge in [0.15, 0.2) is 0 Å². The summed E-state index contributed by atoms with van der Waals surface area (Å²) in [5.41, 5.74) is 5.18. The van der Waals surface area contributed by atoms with Gasteiger partial charge in [-0.2, -0.15) is 6.07 Å². The Morgan fingerprint density at radius 3 is 2.09 bits per heavy atom. The molecule has 0 aliphatic carbocycles. The second-order valence-electron chi connectivity index (χ2n) is 3.28. The van der Waals surface area contributed by atoms with Crippen LogP contribution in [-0.2, 0) is 17.2 Å². The SMILES string of the molecule is N.NCc1ccc(C(=O)O)o1.O=[C-]c1ccc(CCl)o1.[Na+].[OH-]. The van der Waals surface area contributed by atoms with Crippen molar-refractivity contribution in [1.29, 1.82) is 0 Å². The Bertz CT molecular complexity index is 557. The summed E-state index contributed by atoms with van der Waals surface area (Å²) >= 11 is 5.37. The van der Waals surface area contributed by atoms with Crippen molar-refractivity contribution < 1.29 is 58.6 Å². The van der Waals surface area contributed by atoms with E-state index in [1.807, 2.05) is 0 Å². The largest absolute Gasteiger partial charge is 1.00 e. The average Bonchev–Trinajstić information content (AvgIpc) is 3.08. The molecule has 118 valence electrons. The molecule has 0 unspecified atom stereocenters. The molecule has 0 saturated carbocycles. The molecule has 8 nitrogen and oxygen atoms in total. The molecule has 0 aromatic carbocycles. The zero-order valence-corrected chi connectivity index (χ0v) is 14.7. The molecule has 2 aromatic rings. The number of furan rings is 2. The van der Waals surface area contributed by atoms with E-state index in [4.69, 9.17) is 31.3 Å². The molecule has 2 rings (SSSR count). The van der Waals surface area contributed by atoms with Gasteiger partial charge in [-0.05, 0) is 17.9 Å². The summed E-state index contributed by atoms with van der Waals surface area (Å²) in [5, 5.41) is 8.36. The normalized spacial score (nSPS) is 8.27. The third kappa shape index (κ3) is 8.35. The Morgan fingerprint density at radius 2 is 1.82 bits per heavy atom. The molecule has 22 heavy (non-hydrogen) atoms. The Hall–Kier alpha value is -1.13. The smallest absolute Gasteiger partial charge is 0.870 e. The van der Waals surface area contributed by atoms with E-state index >= 15 is 0 Å². The van der Waals surface area contributed by atoms with Gasteiger partial charge in [-0.1, -0.05) is 0 Å². The molecule has 0 aliphatic rings. The van der Waals surface area contributed by atoms with Gasteiger partial charge < -0.3 is 36.1 Å². The molecule has 10 heteroatoms. The van der Waals surface area contributed by atoms with Crippen molar-refractivity contribution in [2.45, 2.75) is 12.4 Å². The second kappa shape index (κ2) is 13.5. The first-order chi connectivity index (χ1) is 9.10. The molecule has 0 amide bonds. The number of rotatable bonds is 4. The summed E-state index contributed by atoms with van der Waals surface area (Å²) < 4.78 is 9.60. The minimum atomic E-state index is -1.07. The first-order valence-corrected chi connectivity index (χ1v) is 5.69. The predicted molar refractivity (Wildman–Crippen MR) is 73.6 cm³/mol. The zero-order valence-electron chi connectivity index (χ0n) is 11.9. The van der Waals surface area contributed by atoms with Crippen LogP contribution in [0.25, 0.3) is 0 Å². The maximum atomic E-state index is 10.2. The van der Waals surface area contributed by atoms with E-state index < -0.39 is 5.97 Å². The molecule has 0 bridgehead atoms. The van der Waals surface area contributed by atoms with Crippen molar-refractivity contribution in [3.05, 3.63) is 47.3 Å².